The number of rotatable bonds is 15. The van der Waals surface area contributed by atoms with Gasteiger partial charge in [0.05, 0.1) is 44.7 Å². The quantitative estimate of drug-likeness (QED) is 0.0730. The normalized spacial score (nSPS) is 56.0. The Labute approximate surface area is 431 Å². The van der Waals surface area contributed by atoms with E-state index in [9.17, 15) is 71.5 Å². The molecule has 74 heavy (non-hydrogen) atoms. The van der Waals surface area contributed by atoms with Crippen LogP contribution in [-0.4, -0.2) is 239 Å². The fraction of sp³-hybridized carbons (Fsp3) is 1.00. The molecule has 4 saturated carbocycles. The molecular formula is C51H86O23. The van der Waals surface area contributed by atoms with Gasteiger partial charge in [-0.2, -0.15) is 0 Å². The zero-order valence-corrected chi connectivity index (χ0v) is 43.1. The molecule has 5 aliphatic heterocycles. The Hall–Kier alpha value is -0.920. The highest BCUT2D eigenvalue weighted by atomic mass is 16.8. The summed E-state index contributed by atoms with van der Waals surface area (Å²) in [6, 6.07) is 0. The molecular weight excluding hydrogens is 981 g/mol. The van der Waals surface area contributed by atoms with Crippen LogP contribution in [-0.2, 0) is 42.6 Å². The largest absolute Gasteiger partial charge is 0.394 e. The number of aliphatic hydroxyl groups excluding tert-OH is 13. The molecule has 0 unspecified atom stereocenters. The monoisotopic (exact) mass is 1070 g/mol. The lowest BCUT2D eigenvalue weighted by molar-refractivity contribution is -0.391. The van der Waals surface area contributed by atoms with Crippen LogP contribution in [0, 0.1) is 52.3 Å². The van der Waals surface area contributed by atoms with Crippen molar-refractivity contribution in [2.75, 3.05) is 26.4 Å². The van der Waals surface area contributed by atoms with E-state index in [-0.39, 0.29) is 47.2 Å². The Kier molecular flexibility index (Phi) is 17.6. The minimum absolute atomic E-state index is 0.0231. The minimum atomic E-state index is -1.85. The molecule has 4 aliphatic carbocycles. The SMILES string of the molecule is C[C@H](CC[C@@]1(O)O[C@H]2C[C@H]3[C@@H]4CC[C@@H]5C[C@@H](O[C@@H]6O[C@H](CO)[C@@H](O[C@@H]7O[C@@H](C)[C@H](O)[C@@H](O)[C@H]7O)[C@H](O)[C@H]6O[C@@H]6O[C@H](CO)[C@@H](O)[C@H](O)[C@H]6O)CC[C@]5(C)[C@H]4CC[C@]3(C)[C@H]2[C@@H]1C)CO[C@@H]1O[C@H](CO)[C@@H](O)[C@H](O)[C@H]1O. The van der Waals surface area contributed by atoms with Gasteiger partial charge < -0.3 is 114 Å². The standard InChI is InChI=1S/C51H86O23/c1-20(19-66-45-39(61)37(59)34(56)29(16-52)69-45)8-13-51(65)21(2)32-28(74-51)15-27-25-7-6-23-14-24(9-11-49(23,4)26(25)10-12-50(27,32)5)68-48-44(73-47-41(63)38(60)35(57)30(17-53)70-47)42(64)43(31(18-54)71-48)72-46-40(62)36(58)33(55)22(3)67-46/h20-48,52-65H,6-19H2,1-5H3/t20-,21+,22+,23-,24+,25-,26+,27+,28+,29-,30-,31-,32+,33+,34-,35-,36-,37+,38+,39-,40-,41-,42+,43-,44-,45-,46+,47+,48-,49+,50+,51-/m1/s1. The summed E-state index contributed by atoms with van der Waals surface area (Å²) in [4.78, 5) is 0. The third kappa shape index (κ3) is 10.3. The van der Waals surface area contributed by atoms with Gasteiger partial charge in [-0.15, -0.1) is 0 Å². The van der Waals surface area contributed by atoms with Crippen LogP contribution in [0.25, 0.3) is 0 Å². The maximum absolute atomic E-state index is 12.1. The molecule has 23 nitrogen and oxygen atoms in total. The highest BCUT2D eigenvalue weighted by Gasteiger charge is 2.68. The van der Waals surface area contributed by atoms with Crippen LogP contribution in [0.15, 0.2) is 0 Å². The summed E-state index contributed by atoms with van der Waals surface area (Å²) in [5.74, 6) is 0.175. The lowest BCUT2D eigenvalue weighted by Crippen LogP contribution is -2.67. The maximum Gasteiger partial charge on any atom is 0.187 e. The highest BCUT2D eigenvalue weighted by molar-refractivity contribution is 5.15. The molecule has 0 bridgehead atoms. The molecule has 14 N–H and O–H groups in total. The Morgan fingerprint density at radius 1 is 0.554 bits per heavy atom. The molecule has 0 aromatic heterocycles. The van der Waals surface area contributed by atoms with E-state index in [0.29, 0.717) is 43.4 Å². The number of fused-ring (bicyclic) bond motifs is 7. The zero-order chi connectivity index (χ0) is 53.5. The van der Waals surface area contributed by atoms with Gasteiger partial charge in [0.1, 0.15) is 91.6 Å². The summed E-state index contributed by atoms with van der Waals surface area (Å²) in [5, 5.41) is 149. The first-order chi connectivity index (χ1) is 35.0. The van der Waals surface area contributed by atoms with Gasteiger partial charge in [-0.25, -0.2) is 0 Å². The van der Waals surface area contributed by atoms with Crippen molar-refractivity contribution in [3.05, 3.63) is 0 Å². The Balaban J connectivity index is 0.835. The van der Waals surface area contributed by atoms with Gasteiger partial charge in [-0.3, -0.25) is 0 Å². The van der Waals surface area contributed by atoms with Crippen molar-refractivity contribution in [2.45, 2.75) is 240 Å². The lowest BCUT2D eigenvalue weighted by Gasteiger charge is -2.61. The molecule has 32 atom stereocenters. The van der Waals surface area contributed by atoms with Crippen molar-refractivity contribution in [3.63, 3.8) is 0 Å². The summed E-state index contributed by atoms with van der Waals surface area (Å²) in [5.41, 5.74) is -0.0673. The highest BCUT2D eigenvalue weighted by Crippen LogP contribution is 2.71. The molecule has 5 saturated heterocycles. The van der Waals surface area contributed by atoms with Crippen molar-refractivity contribution in [2.24, 2.45) is 52.3 Å². The van der Waals surface area contributed by atoms with E-state index in [2.05, 4.69) is 20.8 Å². The van der Waals surface area contributed by atoms with E-state index >= 15 is 0 Å². The van der Waals surface area contributed by atoms with Crippen LogP contribution in [0.5, 0.6) is 0 Å². The first-order valence-corrected chi connectivity index (χ1v) is 27.2. The van der Waals surface area contributed by atoms with Crippen molar-refractivity contribution in [3.8, 4) is 0 Å². The van der Waals surface area contributed by atoms with Crippen molar-refractivity contribution in [1.82, 2.24) is 0 Å². The average Bonchev–Trinajstić information content (AvgIpc) is 3.82. The second kappa shape index (κ2) is 22.6. The fourth-order valence-corrected chi connectivity index (χ4v) is 15.6. The van der Waals surface area contributed by atoms with E-state index in [0.717, 1.165) is 38.5 Å². The van der Waals surface area contributed by atoms with E-state index in [1.807, 2.05) is 6.92 Å². The zero-order valence-electron chi connectivity index (χ0n) is 43.1. The predicted octanol–water partition coefficient (Wildman–Crippen LogP) is -2.93. The van der Waals surface area contributed by atoms with E-state index in [1.54, 1.807) is 0 Å². The van der Waals surface area contributed by atoms with Gasteiger partial charge >= 0.3 is 0 Å². The molecule has 9 fully saturated rings. The predicted molar refractivity (Wildman–Crippen MR) is 250 cm³/mol. The molecule has 5 heterocycles. The summed E-state index contributed by atoms with van der Waals surface area (Å²) in [7, 11) is 0. The number of ether oxygens (including phenoxy) is 9. The fourth-order valence-electron chi connectivity index (χ4n) is 15.6. The molecule has 0 spiro atoms. The Morgan fingerprint density at radius 2 is 1.12 bits per heavy atom. The Morgan fingerprint density at radius 3 is 1.77 bits per heavy atom. The molecule has 9 rings (SSSR count). The second-order valence-electron chi connectivity index (χ2n) is 24.3. The van der Waals surface area contributed by atoms with E-state index in [4.69, 9.17) is 42.6 Å². The molecule has 23 heteroatoms. The summed E-state index contributed by atoms with van der Waals surface area (Å²) < 4.78 is 54.5. The van der Waals surface area contributed by atoms with Crippen LogP contribution in [0.2, 0.25) is 0 Å². The van der Waals surface area contributed by atoms with Crippen molar-refractivity contribution >= 4 is 0 Å². The van der Waals surface area contributed by atoms with Crippen LogP contribution in [0.3, 0.4) is 0 Å². The maximum atomic E-state index is 12.1. The number of hydrogen-bond acceptors (Lipinski definition) is 23. The third-order valence-electron chi connectivity index (χ3n) is 20.1. The Bertz CT molecular complexity index is 1850. The summed E-state index contributed by atoms with van der Waals surface area (Å²) in [6.45, 7) is 8.47. The van der Waals surface area contributed by atoms with Gasteiger partial charge in [-0.05, 0) is 111 Å². The number of hydrogen-bond donors (Lipinski definition) is 14. The average molecular weight is 1070 g/mol. The molecule has 0 aromatic rings. The van der Waals surface area contributed by atoms with Crippen molar-refractivity contribution < 1.29 is 114 Å². The van der Waals surface area contributed by atoms with Crippen LogP contribution >= 0.6 is 0 Å². The summed E-state index contributed by atoms with van der Waals surface area (Å²) in [6.07, 6.45) is -22.8. The van der Waals surface area contributed by atoms with Crippen LogP contribution < -0.4 is 0 Å². The first-order valence-electron chi connectivity index (χ1n) is 27.2. The summed E-state index contributed by atoms with van der Waals surface area (Å²) >= 11 is 0. The lowest BCUT2D eigenvalue weighted by atomic mass is 9.44. The van der Waals surface area contributed by atoms with Gasteiger partial charge in [0.2, 0.25) is 0 Å². The minimum Gasteiger partial charge on any atom is -0.394 e. The third-order valence-corrected chi connectivity index (χ3v) is 20.1. The molecule has 0 aromatic carbocycles. The second-order valence-corrected chi connectivity index (χ2v) is 24.3. The van der Waals surface area contributed by atoms with E-state index < -0.39 is 155 Å². The first kappa shape index (κ1) is 57.8. The van der Waals surface area contributed by atoms with E-state index in [1.165, 1.54) is 6.92 Å². The van der Waals surface area contributed by atoms with Crippen LogP contribution in [0.4, 0.5) is 0 Å². The topological polar surface area (TPSA) is 366 Å². The molecule has 428 valence electrons. The van der Waals surface area contributed by atoms with Gasteiger partial charge in [0.15, 0.2) is 30.9 Å². The van der Waals surface area contributed by atoms with Gasteiger partial charge in [-0.1, -0.05) is 27.7 Å². The molecule has 0 radical (unpaired) electrons. The van der Waals surface area contributed by atoms with Gasteiger partial charge in [0.25, 0.3) is 0 Å². The smallest absolute Gasteiger partial charge is 0.187 e. The molecule has 9 aliphatic rings. The van der Waals surface area contributed by atoms with Crippen LogP contribution in [0.1, 0.15) is 98.8 Å². The van der Waals surface area contributed by atoms with Gasteiger partial charge in [0, 0.05) is 12.3 Å². The number of aliphatic hydroxyl groups is 14. The van der Waals surface area contributed by atoms with Crippen molar-refractivity contribution in [1.29, 1.82) is 0 Å². The molecule has 0 amide bonds.